The number of fused-ring (bicyclic) bond motifs is 5. The first kappa shape index (κ1) is 17.3. The minimum absolute atomic E-state index is 0.109. The molecule has 0 amide bonds. The number of aliphatic hydroxyl groups is 1. The average Bonchev–Trinajstić information content (AvgIpc) is 2.78. The highest BCUT2D eigenvalue weighted by Gasteiger charge is 2.62. The Kier molecular flexibility index (Phi) is 3.91. The van der Waals surface area contributed by atoms with E-state index in [4.69, 9.17) is 4.74 Å². The van der Waals surface area contributed by atoms with E-state index in [2.05, 4.69) is 13.8 Å². The van der Waals surface area contributed by atoms with Crippen LogP contribution in [0.5, 0.6) is 0 Å². The highest BCUT2D eigenvalue weighted by Crippen LogP contribution is 2.65. The summed E-state index contributed by atoms with van der Waals surface area (Å²) in [5.41, 5.74) is 1.34. The first-order valence-electron chi connectivity index (χ1n) is 9.85. The van der Waals surface area contributed by atoms with Gasteiger partial charge in [-0.05, 0) is 61.3 Å². The molecule has 0 heterocycles. The van der Waals surface area contributed by atoms with Crippen LogP contribution in [0.2, 0.25) is 0 Å². The second-order valence-corrected chi connectivity index (χ2v) is 9.33. The molecule has 4 nitrogen and oxygen atoms in total. The smallest absolute Gasteiger partial charge is 0.302 e. The Morgan fingerprint density at radius 2 is 2.00 bits per heavy atom. The molecule has 7 atom stereocenters. The summed E-state index contributed by atoms with van der Waals surface area (Å²) in [6.07, 6.45) is 7.65. The quantitative estimate of drug-likeness (QED) is 0.739. The zero-order chi connectivity index (χ0) is 18.0. The van der Waals surface area contributed by atoms with Crippen LogP contribution in [0.15, 0.2) is 11.6 Å². The summed E-state index contributed by atoms with van der Waals surface area (Å²) >= 11 is 0. The standard InChI is InChI=1S/C21H30O4/c1-12(22)25-18-11-17(24)19-15-5-4-13-10-14(23)6-8-20(13,2)16(15)7-9-21(18,19)3/h10,15-19,24H,4-9,11H2,1-3H3/t15-,16+,17-,18+,19-,20+,21-/m1/s1. The van der Waals surface area contributed by atoms with Crippen LogP contribution in [0.4, 0.5) is 0 Å². The van der Waals surface area contributed by atoms with Gasteiger partial charge >= 0.3 is 5.97 Å². The molecule has 0 spiro atoms. The number of hydrogen-bond donors (Lipinski definition) is 1. The molecule has 3 saturated carbocycles. The number of ketones is 1. The number of aliphatic hydroxyl groups excluding tert-OH is 1. The highest BCUT2D eigenvalue weighted by atomic mass is 16.5. The van der Waals surface area contributed by atoms with Crippen molar-refractivity contribution in [3.63, 3.8) is 0 Å². The third kappa shape index (κ3) is 2.43. The van der Waals surface area contributed by atoms with Gasteiger partial charge in [0.2, 0.25) is 0 Å². The van der Waals surface area contributed by atoms with Crippen LogP contribution in [-0.4, -0.2) is 29.1 Å². The number of hydrogen-bond acceptors (Lipinski definition) is 4. The molecule has 138 valence electrons. The first-order chi connectivity index (χ1) is 11.8. The van der Waals surface area contributed by atoms with Gasteiger partial charge in [0.05, 0.1) is 6.10 Å². The Morgan fingerprint density at radius 1 is 1.24 bits per heavy atom. The molecule has 4 aliphatic carbocycles. The Hall–Kier alpha value is -1.16. The van der Waals surface area contributed by atoms with E-state index >= 15 is 0 Å². The number of carbonyl (C=O) groups is 2. The molecule has 4 rings (SSSR count). The van der Waals surface area contributed by atoms with E-state index in [1.54, 1.807) is 0 Å². The zero-order valence-corrected chi connectivity index (χ0v) is 15.6. The summed E-state index contributed by atoms with van der Waals surface area (Å²) in [7, 11) is 0. The molecule has 3 fully saturated rings. The van der Waals surface area contributed by atoms with Crippen LogP contribution in [0.1, 0.15) is 65.7 Å². The lowest BCUT2D eigenvalue weighted by Gasteiger charge is -2.58. The molecule has 4 aliphatic rings. The molecular weight excluding hydrogens is 316 g/mol. The lowest BCUT2D eigenvalue weighted by Crippen LogP contribution is -2.53. The predicted molar refractivity (Wildman–Crippen MR) is 93.7 cm³/mol. The van der Waals surface area contributed by atoms with E-state index in [0.717, 1.165) is 32.1 Å². The molecule has 0 bridgehead atoms. The van der Waals surface area contributed by atoms with Gasteiger partial charge in [-0.15, -0.1) is 0 Å². The van der Waals surface area contributed by atoms with Gasteiger partial charge in [-0.2, -0.15) is 0 Å². The van der Waals surface area contributed by atoms with Gasteiger partial charge in [-0.25, -0.2) is 0 Å². The Morgan fingerprint density at radius 3 is 2.72 bits per heavy atom. The van der Waals surface area contributed by atoms with Crippen LogP contribution in [0.3, 0.4) is 0 Å². The Balaban J connectivity index is 1.66. The normalized spacial score (nSPS) is 48.9. The molecular formula is C21H30O4. The van der Waals surface area contributed by atoms with Gasteiger partial charge < -0.3 is 9.84 Å². The van der Waals surface area contributed by atoms with Crippen molar-refractivity contribution in [1.82, 2.24) is 0 Å². The average molecular weight is 346 g/mol. The maximum atomic E-state index is 11.9. The van der Waals surface area contributed by atoms with Crippen molar-refractivity contribution >= 4 is 11.8 Å². The van der Waals surface area contributed by atoms with Crippen molar-refractivity contribution < 1.29 is 19.4 Å². The molecule has 1 N–H and O–H groups in total. The lowest BCUT2D eigenvalue weighted by atomic mass is 9.47. The monoisotopic (exact) mass is 346 g/mol. The molecule has 0 radical (unpaired) electrons. The fourth-order valence-corrected chi connectivity index (χ4v) is 6.96. The van der Waals surface area contributed by atoms with Gasteiger partial charge in [0, 0.05) is 25.2 Å². The third-order valence-corrected chi connectivity index (χ3v) is 8.17. The third-order valence-electron chi connectivity index (χ3n) is 8.17. The molecule has 0 aromatic carbocycles. The van der Waals surface area contributed by atoms with Gasteiger partial charge in [0.1, 0.15) is 6.10 Å². The summed E-state index contributed by atoms with van der Waals surface area (Å²) in [4.78, 5) is 23.4. The van der Waals surface area contributed by atoms with Crippen LogP contribution in [-0.2, 0) is 14.3 Å². The van der Waals surface area contributed by atoms with Gasteiger partial charge in [0.25, 0.3) is 0 Å². The highest BCUT2D eigenvalue weighted by molar-refractivity contribution is 5.91. The van der Waals surface area contributed by atoms with Crippen LogP contribution >= 0.6 is 0 Å². The molecule has 0 aliphatic heterocycles. The topological polar surface area (TPSA) is 63.6 Å². The number of carbonyl (C=O) groups excluding carboxylic acids is 2. The van der Waals surface area contributed by atoms with Gasteiger partial charge in [0.15, 0.2) is 5.78 Å². The minimum Gasteiger partial charge on any atom is -0.462 e. The van der Waals surface area contributed by atoms with Gasteiger partial charge in [-0.3, -0.25) is 9.59 Å². The Labute approximate surface area is 150 Å². The first-order valence-corrected chi connectivity index (χ1v) is 9.85. The number of ether oxygens (including phenoxy) is 1. The van der Waals surface area contributed by atoms with E-state index in [0.29, 0.717) is 24.7 Å². The van der Waals surface area contributed by atoms with E-state index in [-0.39, 0.29) is 40.7 Å². The van der Waals surface area contributed by atoms with Crippen molar-refractivity contribution in [1.29, 1.82) is 0 Å². The lowest BCUT2D eigenvalue weighted by molar-refractivity contribution is -0.157. The van der Waals surface area contributed by atoms with E-state index < -0.39 is 0 Å². The summed E-state index contributed by atoms with van der Waals surface area (Å²) in [5.74, 6) is 1.23. The van der Waals surface area contributed by atoms with Crippen LogP contribution in [0.25, 0.3) is 0 Å². The van der Waals surface area contributed by atoms with Crippen molar-refractivity contribution in [3.05, 3.63) is 11.6 Å². The summed E-state index contributed by atoms with van der Waals surface area (Å²) in [6.45, 7) is 6.03. The van der Waals surface area contributed by atoms with Crippen molar-refractivity contribution in [2.75, 3.05) is 0 Å². The van der Waals surface area contributed by atoms with Crippen molar-refractivity contribution in [2.45, 2.75) is 77.9 Å². The van der Waals surface area contributed by atoms with Crippen molar-refractivity contribution in [2.24, 2.45) is 28.6 Å². The summed E-state index contributed by atoms with van der Waals surface area (Å²) < 4.78 is 5.62. The number of esters is 1. The maximum Gasteiger partial charge on any atom is 0.302 e. The second kappa shape index (κ2) is 5.67. The van der Waals surface area contributed by atoms with Gasteiger partial charge in [-0.1, -0.05) is 19.4 Å². The van der Waals surface area contributed by atoms with E-state index in [1.165, 1.54) is 12.5 Å². The van der Waals surface area contributed by atoms with Crippen molar-refractivity contribution in [3.8, 4) is 0 Å². The fraction of sp³-hybridized carbons (Fsp3) is 0.810. The number of allylic oxidation sites excluding steroid dienone is 1. The SMILES string of the molecule is CC(=O)O[C@H]1C[C@@H](O)[C@H]2[C@@H]3CCC4=CC(=O)CC[C@]4(C)[C@H]3CC[C@@]21C. The molecule has 0 aromatic heterocycles. The molecule has 4 heteroatoms. The second-order valence-electron chi connectivity index (χ2n) is 9.33. The van der Waals surface area contributed by atoms with E-state index in [9.17, 15) is 14.7 Å². The molecule has 25 heavy (non-hydrogen) atoms. The van der Waals surface area contributed by atoms with Crippen LogP contribution < -0.4 is 0 Å². The largest absolute Gasteiger partial charge is 0.462 e. The molecule has 0 unspecified atom stereocenters. The summed E-state index contributed by atoms with van der Waals surface area (Å²) in [5, 5.41) is 10.9. The molecule has 0 saturated heterocycles. The Bertz CT molecular complexity index is 638. The minimum atomic E-state index is -0.387. The fourth-order valence-electron chi connectivity index (χ4n) is 6.96. The molecule has 0 aromatic rings. The van der Waals surface area contributed by atoms with Crippen LogP contribution in [0, 0.1) is 28.6 Å². The maximum absolute atomic E-state index is 11.9. The predicted octanol–water partition coefficient (Wildman–Crippen LogP) is 3.42. The summed E-state index contributed by atoms with van der Waals surface area (Å²) in [6, 6.07) is 0. The van der Waals surface area contributed by atoms with E-state index in [1.807, 2.05) is 6.08 Å². The zero-order valence-electron chi connectivity index (χ0n) is 15.6. The number of rotatable bonds is 1.